The Hall–Kier alpha value is -0.560. The fourth-order valence-electron chi connectivity index (χ4n) is 1.75. The molecule has 0 saturated carbocycles. The number of carbonyl (C=O) groups excluding carboxylic acids is 2. The minimum absolute atomic E-state index is 0. The molecule has 1 aliphatic heterocycles. The van der Waals surface area contributed by atoms with Gasteiger partial charge < -0.3 is 10.6 Å². The zero-order chi connectivity index (χ0) is 12.8. The molecule has 0 aliphatic carbocycles. The van der Waals surface area contributed by atoms with E-state index in [-0.39, 0.29) is 42.8 Å². The molecule has 0 aromatic carbocycles. The summed E-state index contributed by atoms with van der Waals surface area (Å²) in [6, 6.07) is -0.667. The Labute approximate surface area is 126 Å². The van der Waals surface area contributed by atoms with E-state index in [9.17, 15) is 9.59 Å². The number of halogens is 2. The van der Waals surface area contributed by atoms with Crippen LogP contribution < -0.4 is 16.0 Å². The van der Waals surface area contributed by atoms with Crippen molar-refractivity contribution in [2.24, 2.45) is 0 Å². The second-order valence-corrected chi connectivity index (χ2v) is 4.58. The highest BCUT2D eigenvalue weighted by Gasteiger charge is 2.23. The van der Waals surface area contributed by atoms with Crippen LogP contribution in [0.5, 0.6) is 0 Å². The van der Waals surface area contributed by atoms with Crippen molar-refractivity contribution in [3.8, 4) is 0 Å². The number of nitrogens with zero attached hydrogens (tertiary/aromatic N) is 1. The lowest BCUT2D eigenvalue weighted by molar-refractivity contribution is -0.125. The monoisotopic (exact) mass is 314 g/mol. The molecule has 0 aromatic rings. The Morgan fingerprint density at radius 1 is 1.11 bits per heavy atom. The maximum Gasteiger partial charge on any atom is 0.321 e. The van der Waals surface area contributed by atoms with Crippen LogP contribution in [0.2, 0.25) is 0 Å². The van der Waals surface area contributed by atoms with Crippen molar-refractivity contribution in [3.63, 3.8) is 0 Å². The highest BCUT2D eigenvalue weighted by molar-refractivity contribution is 5.96. The second kappa shape index (κ2) is 10.3. The van der Waals surface area contributed by atoms with E-state index in [0.29, 0.717) is 0 Å². The van der Waals surface area contributed by atoms with Crippen LogP contribution >= 0.6 is 24.8 Å². The van der Waals surface area contributed by atoms with Gasteiger partial charge in [-0.3, -0.25) is 15.0 Å². The summed E-state index contributed by atoms with van der Waals surface area (Å²) in [6.07, 6.45) is 0. The minimum Gasteiger partial charge on any atom is -0.336 e. The average Bonchev–Trinajstić information content (AvgIpc) is 2.28. The average molecular weight is 315 g/mol. The molecule has 1 aliphatic rings. The predicted octanol–water partition coefficient (Wildman–Crippen LogP) is 0.358. The number of amides is 3. The minimum atomic E-state index is -0.424. The normalized spacial score (nSPS) is 16.8. The molecule has 0 aromatic heterocycles. The first-order valence-corrected chi connectivity index (χ1v) is 6.07. The maximum atomic E-state index is 11.8. The SMILES string of the molecule is CC(C)NC(=O)NC(=O)C(C)N1CCNCC1.Cl.Cl. The molecule has 0 bridgehead atoms. The Morgan fingerprint density at radius 3 is 2.11 bits per heavy atom. The molecule has 0 radical (unpaired) electrons. The fourth-order valence-corrected chi connectivity index (χ4v) is 1.75. The highest BCUT2D eigenvalue weighted by atomic mass is 35.5. The number of hydrogen-bond donors (Lipinski definition) is 3. The Kier molecular flexibility index (Phi) is 11.2. The molecule has 6 nitrogen and oxygen atoms in total. The molecule has 1 rings (SSSR count). The second-order valence-electron chi connectivity index (χ2n) is 4.58. The van der Waals surface area contributed by atoms with Gasteiger partial charge in [0.15, 0.2) is 0 Å². The van der Waals surface area contributed by atoms with E-state index in [0.717, 1.165) is 26.2 Å². The van der Waals surface area contributed by atoms with E-state index >= 15 is 0 Å². The summed E-state index contributed by atoms with van der Waals surface area (Å²) in [5, 5.41) is 8.21. The van der Waals surface area contributed by atoms with Gasteiger partial charge in [0, 0.05) is 32.2 Å². The summed E-state index contributed by atoms with van der Waals surface area (Å²) in [5.74, 6) is -0.245. The molecule has 1 saturated heterocycles. The number of rotatable bonds is 3. The number of hydrogen-bond acceptors (Lipinski definition) is 4. The molecule has 3 amide bonds. The molecule has 1 heterocycles. The predicted molar refractivity (Wildman–Crippen MR) is 80.2 cm³/mol. The third kappa shape index (κ3) is 7.57. The van der Waals surface area contributed by atoms with Gasteiger partial charge in [0.2, 0.25) is 5.91 Å². The van der Waals surface area contributed by atoms with Crippen LogP contribution in [0.3, 0.4) is 0 Å². The van der Waals surface area contributed by atoms with Gasteiger partial charge in [0.1, 0.15) is 0 Å². The van der Waals surface area contributed by atoms with Crippen molar-refractivity contribution in [3.05, 3.63) is 0 Å². The molecule has 1 fully saturated rings. The summed E-state index contributed by atoms with van der Waals surface area (Å²) in [4.78, 5) is 25.2. The molecule has 1 unspecified atom stereocenters. The Bertz CT molecular complexity index is 284. The van der Waals surface area contributed by atoms with Crippen LogP contribution in [0.1, 0.15) is 20.8 Å². The zero-order valence-corrected chi connectivity index (χ0v) is 13.2. The van der Waals surface area contributed by atoms with Crippen molar-refractivity contribution in [2.75, 3.05) is 26.2 Å². The summed E-state index contributed by atoms with van der Waals surface area (Å²) >= 11 is 0. The van der Waals surface area contributed by atoms with Crippen LogP contribution in [0.25, 0.3) is 0 Å². The standard InChI is InChI=1S/C11H22N4O2.2ClH/c1-8(2)13-11(17)14-10(16)9(3)15-6-4-12-5-7-15;;/h8-9,12H,4-7H2,1-3H3,(H2,13,14,16,17);2*1H. The smallest absolute Gasteiger partial charge is 0.321 e. The molecule has 19 heavy (non-hydrogen) atoms. The third-order valence-corrected chi connectivity index (χ3v) is 2.74. The number of nitrogens with one attached hydrogen (secondary N) is 3. The first-order chi connectivity index (χ1) is 8.00. The number of piperazine rings is 1. The number of urea groups is 1. The van der Waals surface area contributed by atoms with E-state index in [1.807, 2.05) is 20.8 Å². The zero-order valence-electron chi connectivity index (χ0n) is 11.6. The van der Waals surface area contributed by atoms with Crippen LogP contribution in [-0.2, 0) is 4.79 Å². The molecule has 114 valence electrons. The van der Waals surface area contributed by atoms with E-state index in [4.69, 9.17) is 0 Å². The van der Waals surface area contributed by atoms with Crippen molar-refractivity contribution in [1.82, 2.24) is 20.9 Å². The quantitative estimate of drug-likeness (QED) is 0.703. The largest absolute Gasteiger partial charge is 0.336 e. The summed E-state index contributed by atoms with van der Waals surface area (Å²) in [7, 11) is 0. The summed E-state index contributed by atoms with van der Waals surface area (Å²) in [5.41, 5.74) is 0. The van der Waals surface area contributed by atoms with Gasteiger partial charge in [-0.1, -0.05) is 0 Å². The Balaban J connectivity index is 0. The first kappa shape index (κ1) is 20.8. The summed E-state index contributed by atoms with van der Waals surface area (Å²) < 4.78 is 0. The number of carbonyl (C=O) groups is 2. The van der Waals surface area contributed by atoms with Crippen molar-refractivity contribution in [1.29, 1.82) is 0 Å². The van der Waals surface area contributed by atoms with Crippen LogP contribution in [-0.4, -0.2) is 55.1 Å². The first-order valence-electron chi connectivity index (χ1n) is 6.07. The maximum absolute atomic E-state index is 11.8. The van der Waals surface area contributed by atoms with Gasteiger partial charge >= 0.3 is 6.03 Å². The van der Waals surface area contributed by atoms with Crippen LogP contribution in [0.15, 0.2) is 0 Å². The van der Waals surface area contributed by atoms with Crippen LogP contribution in [0.4, 0.5) is 4.79 Å². The molecule has 1 atom stereocenters. The van der Waals surface area contributed by atoms with E-state index in [1.165, 1.54) is 0 Å². The third-order valence-electron chi connectivity index (χ3n) is 2.74. The van der Waals surface area contributed by atoms with Gasteiger partial charge in [-0.2, -0.15) is 0 Å². The lowest BCUT2D eigenvalue weighted by Crippen LogP contribution is -2.55. The highest BCUT2D eigenvalue weighted by Crippen LogP contribution is 2.00. The molecule has 8 heteroatoms. The van der Waals surface area contributed by atoms with Gasteiger partial charge in [-0.05, 0) is 20.8 Å². The lowest BCUT2D eigenvalue weighted by atomic mass is 10.2. The van der Waals surface area contributed by atoms with Crippen molar-refractivity contribution < 1.29 is 9.59 Å². The van der Waals surface area contributed by atoms with Gasteiger partial charge in [0.25, 0.3) is 0 Å². The van der Waals surface area contributed by atoms with E-state index in [1.54, 1.807) is 0 Å². The van der Waals surface area contributed by atoms with Gasteiger partial charge in [0.05, 0.1) is 6.04 Å². The van der Waals surface area contributed by atoms with Crippen LogP contribution in [0, 0.1) is 0 Å². The summed E-state index contributed by atoms with van der Waals surface area (Å²) in [6.45, 7) is 8.96. The fraction of sp³-hybridized carbons (Fsp3) is 0.818. The van der Waals surface area contributed by atoms with E-state index in [2.05, 4.69) is 20.9 Å². The molecule has 3 N–H and O–H groups in total. The van der Waals surface area contributed by atoms with Crippen molar-refractivity contribution >= 4 is 36.8 Å². The van der Waals surface area contributed by atoms with Crippen molar-refractivity contribution in [2.45, 2.75) is 32.9 Å². The number of imide groups is 1. The van der Waals surface area contributed by atoms with Gasteiger partial charge in [-0.25, -0.2) is 4.79 Å². The van der Waals surface area contributed by atoms with Gasteiger partial charge in [-0.15, -0.1) is 24.8 Å². The Morgan fingerprint density at radius 2 is 1.63 bits per heavy atom. The lowest BCUT2D eigenvalue weighted by Gasteiger charge is -2.31. The van der Waals surface area contributed by atoms with E-state index < -0.39 is 6.03 Å². The molecular weight excluding hydrogens is 291 g/mol. The molecule has 0 spiro atoms. The molecular formula is C11H24Cl2N4O2. The topological polar surface area (TPSA) is 73.5 Å².